The molecule has 1 radical (unpaired) electrons. The number of hydrogen-bond donors (Lipinski definition) is 0. The molecular formula is C14H22NO3. The first-order valence-electron chi connectivity index (χ1n) is 6.18. The average molecular weight is 252 g/mol. The van der Waals surface area contributed by atoms with E-state index in [1.165, 1.54) is 5.56 Å². The maximum absolute atomic E-state index is 10.4. The van der Waals surface area contributed by atoms with Crippen LogP contribution in [0, 0.1) is 0 Å². The van der Waals surface area contributed by atoms with Crippen molar-refractivity contribution >= 4 is 0 Å². The standard InChI is InChI=1S/C14H22NO3/c1-15(8-4-10-16)9-7-12-5-6-13(17-2)14(11-12)18-3/h5-6,11H,4,7-10H2,1-3H3. The minimum atomic E-state index is 0.000693. The minimum absolute atomic E-state index is 0.000693. The zero-order chi connectivity index (χ0) is 13.4. The molecule has 0 saturated carbocycles. The van der Waals surface area contributed by atoms with Crippen LogP contribution in [0.2, 0.25) is 0 Å². The van der Waals surface area contributed by atoms with Crippen LogP contribution in [0.25, 0.3) is 0 Å². The monoisotopic (exact) mass is 252 g/mol. The van der Waals surface area contributed by atoms with Crippen LogP contribution >= 0.6 is 0 Å². The summed E-state index contributed by atoms with van der Waals surface area (Å²) in [4.78, 5) is 2.18. The van der Waals surface area contributed by atoms with Gasteiger partial charge in [-0.05, 0) is 37.6 Å². The van der Waals surface area contributed by atoms with Gasteiger partial charge in [-0.25, -0.2) is 5.11 Å². The van der Waals surface area contributed by atoms with Gasteiger partial charge in [-0.3, -0.25) is 0 Å². The highest BCUT2D eigenvalue weighted by atomic mass is 16.5. The number of likely N-dealkylation sites (N-methyl/N-ethyl adjacent to an activating group) is 1. The van der Waals surface area contributed by atoms with Crippen molar-refractivity contribution in [2.45, 2.75) is 12.8 Å². The van der Waals surface area contributed by atoms with Crippen LogP contribution in [-0.2, 0) is 11.5 Å². The highest BCUT2D eigenvalue weighted by molar-refractivity contribution is 5.42. The van der Waals surface area contributed by atoms with Crippen LogP contribution < -0.4 is 9.47 Å². The van der Waals surface area contributed by atoms with Gasteiger partial charge in [0.15, 0.2) is 11.5 Å². The maximum Gasteiger partial charge on any atom is 0.160 e. The van der Waals surface area contributed by atoms with E-state index in [4.69, 9.17) is 9.47 Å². The second kappa shape index (κ2) is 7.95. The summed E-state index contributed by atoms with van der Waals surface area (Å²) < 4.78 is 10.5. The van der Waals surface area contributed by atoms with Crippen molar-refractivity contribution < 1.29 is 14.6 Å². The molecule has 0 atom stereocenters. The van der Waals surface area contributed by atoms with Crippen LogP contribution in [0.4, 0.5) is 0 Å². The molecule has 0 fully saturated rings. The molecule has 0 heterocycles. The third-order valence-corrected chi connectivity index (χ3v) is 2.91. The van der Waals surface area contributed by atoms with E-state index >= 15 is 0 Å². The molecule has 0 bridgehead atoms. The Balaban J connectivity index is 2.52. The van der Waals surface area contributed by atoms with Gasteiger partial charge < -0.3 is 14.4 Å². The summed E-state index contributed by atoms with van der Waals surface area (Å²) >= 11 is 0. The molecule has 0 aliphatic heterocycles. The predicted molar refractivity (Wildman–Crippen MR) is 70.9 cm³/mol. The summed E-state index contributed by atoms with van der Waals surface area (Å²) in [6.07, 6.45) is 1.65. The lowest BCUT2D eigenvalue weighted by Gasteiger charge is -2.16. The largest absolute Gasteiger partial charge is 0.493 e. The van der Waals surface area contributed by atoms with E-state index < -0.39 is 0 Å². The van der Waals surface area contributed by atoms with Crippen molar-refractivity contribution in [3.63, 3.8) is 0 Å². The fourth-order valence-corrected chi connectivity index (χ4v) is 1.80. The summed E-state index contributed by atoms with van der Waals surface area (Å²) in [7, 11) is 5.31. The normalized spacial score (nSPS) is 10.7. The molecule has 0 amide bonds. The molecule has 0 aliphatic carbocycles. The first-order valence-corrected chi connectivity index (χ1v) is 6.18. The van der Waals surface area contributed by atoms with E-state index in [-0.39, 0.29) is 6.61 Å². The zero-order valence-corrected chi connectivity index (χ0v) is 11.4. The Morgan fingerprint density at radius 3 is 2.44 bits per heavy atom. The summed E-state index contributed by atoms with van der Waals surface area (Å²) in [5.74, 6) is 1.51. The molecule has 0 spiro atoms. The third kappa shape index (κ3) is 4.55. The maximum atomic E-state index is 10.4. The lowest BCUT2D eigenvalue weighted by Crippen LogP contribution is -2.23. The first kappa shape index (κ1) is 14.8. The molecule has 1 rings (SSSR count). The van der Waals surface area contributed by atoms with Gasteiger partial charge in [-0.15, -0.1) is 0 Å². The van der Waals surface area contributed by atoms with E-state index in [0.717, 1.165) is 31.0 Å². The van der Waals surface area contributed by atoms with Crippen LogP contribution in [0.15, 0.2) is 18.2 Å². The number of rotatable bonds is 8. The van der Waals surface area contributed by atoms with Gasteiger partial charge in [-0.2, -0.15) is 0 Å². The summed E-state index contributed by atoms with van der Waals surface area (Å²) in [5.41, 5.74) is 1.21. The van der Waals surface area contributed by atoms with Gasteiger partial charge in [-0.1, -0.05) is 6.07 Å². The van der Waals surface area contributed by atoms with Gasteiger partial charge >= 0.3 is 0 Å². The SMILES string of the molecule is COc1ccc(CCN(C)CCC[O])cc1OC. The summed E-state index contributed by atoms with van der Waals surface area (Å²) in [6.45, 7) is 1.80. The Kier molecular flexibility index (Phi) is 6.54. The topological polar surface area (TPSA) is 41.6 Å². The van der Waals surface area contributed by atoms with Crippen molar-refractivity contribution in [1.82, 2.24) is 4.90 Å². The molecule has 0 aromatic heterocycles. The van der Waals surface area contributed by atoms with Crippen molar-refractivity contribution in [3.8, 4) is 11.5 Å². The zero-order valence-electron chi connectivity index (χ0n) is 11.4. The molecule has 4 heteroatoms. The number of hydrogen-bond acceptors (Lipinski definition) is 3. The predicted octanol–water partition coefficient (Wildman–Crippen LogP) is 2.00. The highest BCUT2D eigenvalue weighted by Gasteiger charge is 2.05. The molecule has 0 aliphatic rings. The van der Waals surface area contributed by atoms with Gasteiger partial charge in [0, 0.05) is 13.1 Å². The van der Waals surface area contributed by atoms with Crippen LogP contribution in [-0.4, -0.2) is 45.9 Å². The number of methoxy groups -OCH3 is 2. The molecule has 0 saturated heterocycles. The molecular weight excluding hydrogens is 230 g/mol. The summed E-state index contributed by atoms with van der Waals surface area (Å²) in [5, 5.41) is 10.4. The van der Waals surface area contributed by atoms with Gasteiger partial charge in [0.25, 0.3) is 0 Å². The number of benzene rings is 1. The van der Waals surface area contributed by atoms with Crippen LogP contribution in [0.5, 0.6) is 11.5 Å². The second-order valence-electron chi connectivity index (χ2n) is 4.30. The first-order chi connectivity index (χ1) is 8.71. The van der Waals surface area contributed by atoms with Crippen molar-refractivity contribution in [2.24, 2.45) is 0 Å². The summed E-state index contributed by atoms with van der Waals surface area (Å²) in [6, 6.07) is 5.97. The van der Waals surface area contributed by atoms with Crippen LogP contribution in [0.3, 0.4) is 0 Å². The van der Waals surface area contributed by atoms with E-state index in [2.05, 4.69) is 4.90 Å². The molecule has 4 nitrogen and oxygen atoms in total. The third-order valence-electron chi connectivity index (χ3n) is 2.91. The Morgan fingerprint density at radius 1 is 1.11 bits per heavy atom. The lowest BCUT2D eigenvalue weighted by molar-refractivity contribution is 0.173. The van der Waals surface area contributed by atoms with Crippen LogP contribution in [0.1, 0.15) is 12.0 Å². The molecule has 0 unspecified atom stereocenters. The van der Waals surface area contributed by atoms with E-state index in [1.54, 1.807) is 14.2 Å². The Labute approximate surface area is 109 Å². The van der Waals surface area contributed by atoms with Gasteiger partial charge in [0.05, 0.1) is 20.8 Å². The van der Waals surface area contributed by atoms with Crippen molar-refractivity contribution in [3.05, 3.63) is 23.8 Å². The van der Waals surface area contributed by atoms with Gasteiger partial charge in [0.1, 0.15) is 0 Å². The molecule has 1 aromatic rings. The quantitative estimate of drug-likeness (QED) is 0.710. The average Bonchev–Trinajstić information content (AvgIpc) is 2.42. The Bertz CT molecular complexity index is 355. The smallest absolute Gasteiger partial charge is 0.160 e. The second-order valence-corrected chi connectivity index (χ2v) is 4.30. The van der Waals surface area contributed by atoms with E-state index in [0.29, 0.717) is 6.42 Å². The minimum Gasteiger partial charge on any atom is -0.493 e. The fourth-order valence-electron chi connectivity index (χ4n) is 1.80. The van der Waals surface area contributed by atoms with E-state index in [1.807, 2.05) is 25.2 Å². The fraction of sp³-hybridized carbons (Fsp3) is 0.571. The molecule has 101 valence electrons. The van der Waals surface area contributed by atoms with Crippen molar-refractivity contribution in [1.29, 1.82) is 0 Å². The Morgan fingerprint density at radius 2 is 1.83 bits per heavy atom. The highest BCUT2D eigenvalue weighted by Crippen LogP contribution is 2.27. The van der Waals surface area contributed by atoms with Gasteiger partial charge in [0.2, 0.25) is 0 Å². The Hall–Kier alpha value is -1.26. The number of nitrogens with zero attached hydrogens (tertiary/aromatic N) is 1. The number of ether oxygens (including phenoxy) is 2. The van der Waals surface area contributed by atoms with E-state index in [9.17, 15) is 5.11 Å². The van der Waals surface area contributed by atoms with Crippen molar-refractivity contribution in [2.75, 3.05) is 41.0 Å². The lowest BCUT2D eigenvalue weighted by atomic mass is 10.1. The molecule has 1 aromatic carbocycles. The molecule has 18 heavy (non-hydrogen) atoms. The molecule has 0 N–H and O–H groups in total.